The second kappa shape index (κ2) is 8.54. The molecule has 9 nitrogen and oxygen atoms in total. The highest BCUT2D eigenvalue weighted by Gasteiger charge is 2.09. The largest absolute Gasteiger partial charge is 0.339 e. The first-order valence-electron chi connectivity index (χ1n) is 9.51. The zero-order valence-corrected chi connectivity index (χ0v) is 16.9. The Morgan fingerprint density at radius 3 is 2.19 bits per heavy atom. The van der Waals surface area contributed by atoms with Gasteiger partial charge in [-0.2, -0.15) is 0 Å². The van der Waals surface area contributed by atoms with Gasteiger partial charge in [0.25, 0.3) is 5.69 Å². The molecule has 0 saturated carbocycles. The molecule has 4 rings (SSSR count). The summed E-state index contributed by atoms with van der Waals surface area (Å²) >= 11 is 0. The maximum Gasteiger partial charge on any atom is 0.270 e. The average molecular weight is 413 g/mol. The van der Waals surface area contributed by atoms with Crippen molar-refractivity contribution in [3.63, 3.8) is 0 Å². The van der Waals surface area contributed by atoms with Crippen LogP contribution in [0.3, 0.4) is 0 Å². The lowest BCUT2D eigenvalue weighted by molar-refractivity contribution is -0.384. The number of nitrogens with one attached hydrogen (secondary N) is 2. The van der Waals surface area contributed by atoms with Crippen LogP contribution in [-0.2, 0) is 0 Å². The average Bonchev–Trinajstić information content (AvgIpc) is 2.74. The van der Waals surface area contributed by atoms with E-state index in [0.29, 0.717) is 23.0 Å². The molecule has 0 aliphatic carbocycles. The van der Waals surface area contributed by atoms with E-state index < -0.39 is 4.92 Å². The molecule has 9 heteroatoms. The summed E-state index contributed by atoms with van der Waals surface area (Å²) in [6.45, 7) is 3.85. The molecule has 4 aromatic rings. The van der Waals surface area contributed by atoms with E-state index >= 15 is 0 Å². The van der Waals surface area contributed by atoms with Crippen molar-refractivity contribution >= 4 is 28.8 Å². The number of non-ortho nitro benzene ring substituents is 1. The van der Waals surface area contributed by atoms with E-state index in [4.69, 9.17) is 0 Å². The fourth-order valence-corrected chi connectivity index (χ4v) is 3.07. The van der Waals surface area contributed by atoms with Crippen LogP contribution < -0.4 is 10.6 Å². The van der Waals surface area contributed by atoms with Crippen molar-refractivity contribution in [3.8, 4) is 11.3 Å². The molecular weight excluding hydrogens is 394 g/mol. The molecule has 0 aliphatic rings. The van der Waals surface area contributed by atoms with Crippen molar-refractivity contribution in [1.82, 2.24) is 20.2 Å². The number of hydrogen-bond acceptors (Lipinski definition) is 8. The minimum Gasteiger partial charge on any atom is -0.339 e. The quantitative estimate of drug-likeness (QED) is 0.337. The van der Waals surface area contributed by atoms with Crippen LogP contribution in [0, 0.1) is 24.0 Å². The summed E-state index contributed by atoms with van der Waals surface area (Å²) < 4.78 is 0. The predicted octanol–water partition coefficient (Wildman–Crippen LogP) is 4.95. The first-order valence-corrected chi connectivity index (χ1v) is 9.51. The van der Waals surface area contributed by atoms with Crippen molar-refractivity contribution in [2.24, 2.45) is 0 Å². The Hall–Kier alpha value is -4.40. The molecule has 0 saturated heterocycles. The monoisotopic (exact) mass is 413 g/mol. The third-order valence-corrected chi connectivity index (χ3v) is 4.39. The number of benzene rings is 2. The van der Waals surface area contributed by atoms with Crippen LogP contribution in [0.25, 0.3) is 11.3 Å². The van der Waals surface area contributed by atoms with Crippen LogP contribution in [-0.4, -0.2) is 25.1 Å². The van der Waals surface area contributed by atoms with E-state index in [0.717, 1.165) is 22.8 Å². The summed E-state index contributed by atoms with van der Waals surface area (Å²) in [7, 11) is 0. The Morgan fingerprint density at radius 1 is 0.806 bits per heavy atom. The second-order valence-electron chi connectivity index (χ2n) is 6.92. The second-order valence-corrected chi connectivity index (χ2v) is 6.92. The highest BCUT2D eigenvalue weighted by atomic mass is 16.6. The molecule has 0 amide bonds. The van der Waals surface area contributed by atoms with Crippen LogP contribution in [0.5, 0.6) is 0 Å². The van der Waals surface area contributed by atoms with Crippen molar-refractivity contribution in [3.05, 3.63) is 88.2 Å². The number of nitro groups is 1. The van der Waals surface area contributed by atoms with E-state index in [9.17, 15) is 10.1 Å². The maximum atomic E-state index is 11.0. The first kappa shape index (κ1) is 19.9. The number of aromatic nitrogens is 4. The Labute approximate surface area is 178 Å². The van der Waals surface area contributed by atoms with Gasteiger partial charge in [0.1, 0.15) is 0 Å². The molecule has 0 aliphatic heterocycles. The Morgan fingerprint density at radius 2 is 1.52 bits per heavy atom. The van der Waals surface area contributed by atoms with Gasteiger partial charge in [-0.1, -0.05) is 18.2 Å². The summed E-state index contributed by atoms with van der Waals surface area (Å²) in [6.07, 6.45) is 0. The summed E-state index contributed by atoms with van der Waals surface area (Å²) in [4.78, 5) is 19.3. The van der Waals surface area contributed by atoms with Gasteiger partial charge in [0.2, 0.25) is 5.95 Å². The lowest BCUT2D eigenvalue weighted by atomic mass is 10.1. The van der Waals surface area contributed by atoms with Gasteiger partial charge >= 0.3 is 0 Å². The molecule has 2 N–H and O–H groups in total. The predicted molar refractivity (Wildman–Crippen MR) is 119 cm³/mol. The fourth-order valence-electron chi connectivity index (χ4n) is 3.07. The normalized spacial score (nSPS) is 10.5. The summed E-state index contributed by atoms with van der Waals surface area (Å²) in [5.74, 6) is 1.09. The summed E-state index contributed by atoms with van der Waals surface area (Å²) in [5, 5.41) is 25.7. The number of nitro benzene ring substituents is 1. The minimum absolute atomic E-state index is 0.0126. The van der Waals surface area contributed by atoms with Crippen molar-refractivity contribution in [1.29, 1.82) is 0 Å². The molecule has 2 aromatic carbocycles. The molecule has 0 fully saturated rings. The zero-order valence-electron chi connectivity index (χ0n) is 16.9. The van der Waals surface area contributed by atoms with Gasteiger partial charge < -0.3 is 10.6 Å². The molecule has 154 valence electrons. The van der Waals surface area contributed by atoms with Gasteiger partial charge in [0.15, 0.2) is 5.82 Å². The lowest BCUT2D eigenvalue weighted by Crippen LogP contribution is -2.01. The molecule has 0 bridgehead atoms. The van der Waals surface area contributed by atoms with E-state index in [-0.39, 0.29) is 5.69 Å². The smallest absolute Gasteiger partial charge is 0.270 e. The fraction of sp³-hybridized carbons (Fsp3) is 0.0909. The Bertz CT molecular complexity index is 1220. The van der Waals surface area contributed by atoms with Crippen molar-refractivity contribution < 1.29 is 4.92 Å². The van der Waals surface area contributed by atoms with E-state index in [1.54, 1.807) is 24.3 Å². The SMILES string of the molecule is Cc1cc(C)nc(Nc2cccc(Nc3ccc(-c4cccc([N+](=O)[O-])c4)nn3)c2)n1. The molecule has 2 heterocycles. The molecule has 0 radical (unpaired) electrons. The Kier molecular flexibility index (Phi) is 5.48. The van der Waals surface area contributed by atoms with Crippen molar-refractivity contribution in [2.45, 2.75) is 13.8 Å². The molecule has 31 heavy (non-hydrogen) atoms. The van der Waals surface area contributed by atoms with E-state index in [2.05, 4.69) is 30.8 Å². The molecular formula is C22H19N7O2. The standard InChI is InChI=1S/C22H19N7O2/c1-14-11-15(2)24-22(23-14)26-18-7-4-6-17(13-18)25-21-10-9-20(27-28-21)16-5-3-8-19(12-16)29(30)31/h3-13H,1-2H3,(H,25,28)(H,23,24,26). The van der Waals surface area contributed by atoms with Gasteiger partial charge in [-0.05, 0) is 50.2 Å². The third-order valence-electron chi connectivity index (χ3n) is 4.39. The summed E-state index contributed by atoms with van der Waals surface area (Å²) in [5.41, 5.74) is 4.62. The van der Waals surface area contributed by atoms with Crippen LogP contribution in [0.15, 0.2) is 66.7 Å². The third kappa shape index (κ3) is 4.96. The number of hydrogen-bond donors (Lipinski definition) is 2. The van der Waals surface area contributed by atoms with Crippen molar-refractivity contribution in [2.75, 3.05) is 10.6 Å². The van der Waals surface area contributed by atoms with E-state index in [1.165, 1.54) is 12.1 Å². The minimum atomic E-state index is -0.434. The Balaban J connectivity index is 1.49. The number of nitrogens with zero attached hydrogens (tertiary/aromatic N) is 5. The van der Waals surface area contributed by atoms with Crippen LogP contribution in [0.1, 0.15) is 11.4 Å². The maximum absolute atomic E-state index is 11.0. The highest BCUT2D eigenvalue weighted by molar-refractivity contribution is 5.67. The van der Waals surface area contributed by atoms with Gasteiger partial charge in [-0.15, -0.1) is 10.2 Å². The topological polar surface area (TPSA) is 119 Å². The number of anilines is 4. The zero-order chi connectivity index (χ0) is 21.8. The van der Waals surface area contributed by atoms with Crippen LogP contribution in [0.4, 0.5) is 28.8 Å². The molecule has 2 aromatic heterocycles. The summed E-state index contributed by atoms with van der Waals surface area (Å²) in [6, 6.07) is 19.4. The van der Waals surface area contributed by atoms with E-state index in [1.807, 2.05) is 44.2 Å². The molecule has 0 unspecified atom stereocenters. The number of aryl methyl sites for hydroxylation is 2. The van der Waals surface area contributed by atoms with Gasteiger partial charge in [-0.3, -0.25) is 10.1 Å². The molecule has 0 atom stereocenters. The lowest BCUT2D eigenvalue weighted by Gasteiger charge is -2.10. The van der Waals surface area contributed by atoms with Gasteiger partial charge in [0, 0.05) is 40.5 Å². The highest BCUT2D eigenvalue weighted by Crippen LogP contribution is 2.24. The first-order chi connectivity index (χ1) is 15.0. The van der Waals surface area contributed by atoms with Crippen LogP contribution in [0.2, 0.25) is 0 Å². The van der Waals surface area contributed by atoms with Gasteiger partial charge in [-0.25, -0.2) is 9.97 Å². The molecule has 0 spiro atoms. The van der Waals surface area contributed by atoms with Crippen LogP contribution >= 0.6 is 0 Å². The van der Waals surface area contributed by atoms with Gasteiger partial charge in [0.05, 0.1) is 10.6 Å². The number of rotatable bonds is 6.